The van der Waals surface area contributed by atoms with Crippen molar-refractivity contribution in [2.75, 3.05) is 23.7 Å². The highest BCUT2D eigenvalue weighted by atomic mass is 16.6. The van der Waals surface area contributed by atoms with Crippen LogP contribution in [0.25, 0.3) is 0 Å². The fourth-order valence-electron chi connectivity index (χ4n) is 4.25. The monoisotopic (exact) mass is 516 g/mol. The molecule has 198 valence electrons. The minimum atomic E-state index is -0.553. The zero-order valence-corrected chi connectivity index (χ0v) is 22.2. The minimum absolute atomic E-state index is 0.136. The quantitative estimate of drug-likeness (QED) is 0.352. The summed E-state index contributed by atoms with van der Waals surface area (Å²) in [5, 5.41) is 16.9. The highest BCUT2D eigenvalue weighted by Crippen LogP contribution is 2.39. The molecule has 12 heteroatoms. The molecule has 11 nitrogen and oxygen atoms in total. The number of ether oxygens (including phenoxy) is 1. The maximum absolute atomic E-state index is 12.9. The van der Waals surface area contributed by atoms with Crippen LogP contribution in [-0.2, 0) is 4.74 Å². The molecule has 0 bridgehead atoms. The number of aromatic nitrogens is 4. The molecule has 4 N–H and O–H groups in total. The van der Waals surface area contributed by atoms with Crippen molar-refractivity contribution in [2.24, 2.45) is 0 Å². The average molecular weight is 516 g/mol. The first kappa shape index (κ1) is 25.6. The van der Waals surface area contributed by atoms with Gasteiger partial charge in [-0.15, -0.1) is 0 Å². The molecule has 2 aliphatic rings. The number of aromatic amines is 1. The number of nitrogens with zero attached hydrogens (tertiary/aromatic N) is 4. The van der Waals surface area contributed by atoms with E-state index in [0.717, 1.165) is 17.0 Å². The number of hydrogen-bond donors (Lipinski definition) is 4. The Morgan fingerprint density at radius 1 is 1.16 bits per heavy atom. The molecule has 1 saturated heterocycles. The molecule has 1 aliphatic heterocycles. The van der Waals surface area contributed by atoms with E-state index in [1.54, 1.807) is 29.3 Å². The fourth-order valence-corrected chi connectivity index (χ4v) is 4.25. The SMILES string of the molecule is Bc1cnc(Nc2cccc(C(=O)N[C@H]3CCN(C(=O)OC(C)(C)C)C3)c2)nc1Nc1cc(C2CC2)n[nH]1. The first-order valence-electron chi connectivity index (χ1n) is 12.9. The third-order valence-corrected chi connectivity index (χ3v) is 6.37. The normalized spacial score (nSPS) is 17.2. The topological polar surface area (TPSA) is 137 Å². The van der Waals surface area contributed by atoms with Gasteiger partial charge in [0.1, 0.15) is 25.1 Å². The van der Waals surface area contributed by atoms with E-state index in [-0.39, 0.29) is 18.0 Å². The Kier molecular flexibility index (Phi) is 6.96. The summed E-state index contributed by atoms with van der Waals surface area (Å²) in [6.45, 7) is 6.48. The van der Waals surface area contributed by atoms with Gasteiger partial charge in [0.15, 0.2) is 0 Å². The number of carbonyl (C=O) groups is 2. The van der Waals surface area contributed by atoms with Crippen LogP contribution in [0.2, 0.25) is 0 Å². The van der Waals surface area contributed by atoms with Gasteiger partial charge in [0, 0.05) is 48.6 Å². The second-order valence-corrected chi connectivity index (χ2v) is 10.9. The van der Waals surface area contributed by atoms with E-state index in [1.807, 2.05) is 40.8 Å². The Hall–Kier alpha value is -4.09. The third-order valence-electron chi connectivity index (χ3n) is 6.37. The number of rotatable bonds is 7. The lowest BCUT2D eigenvalue weighted by Crippen LogP contribution is -2.40. The molecule has 3 aromatic rings. The molecule has 2 aromatic heterocycles. The molecule has 38 heavy (non-hydrogen) atoms. The molecule has 1 atom stereocenters. The molecular formula is C26H33BN8O3. The van der Waals surface area contributed by atoms with Crippen molar-refractivity contribution < 1.29 is 14.3 Å². The Morgan fingerprint density at radius 3 is 2.74 bits per heavy atom. The van der Waals surface area contributed by atoms with Gasteiger partial charge in [0.05, 0.1) is 5.69 Å². The van der Waals surface area contributed by atoms with E-state index in [2.05, 4.69) is 36.1 Å². The summed E-state index contributed by atoms with van der Waals surface area (Å²) in [7, 11) is 1.93. The molecule has 1 saturated carbocycles. The van der Waals surface area contributed by atoms with Crippen molar-refractivity contribution in [3.8, 4) is 0 Å². The largest absolute Gasteiger partial charge is 0.444 e. The van der Waals surface area contributed by atoms with E-state index in [4.69, 9.17) is 4.74 Å². The van der Waals surface area contributed by atoms with Gasteiger partial charge in [-0.05, 0) is 63.7 Å². The van der Waals surface area contributed by atoms with Crippen LogP contribution in [-0.4, -0.2) is 69.6 Å². The Labute approximate surface area is 222 Å². The molecule has 2 fully saturated rings. The number of carbonyl (C=O) groups excluding carboxylic acids is 2. The fraction of sp³-hybridized carbons (Fsp3) is 0.423. The van der Waals surface area contributed by atoms with Gasteiger partial charge < -0.3 is 25.6 Å². The summed E-state index contributed by atoms with van der Waals surface area (Å²) in [5.74, 6) is 2.21. The van der Waals surface area contributed by atoms with Gasteiger partial charge >= 0.3 is 6.09 Å². The molecule has 0 spiro atoms. The first-order chi connectivity index (χ1) is 18.1. The second-order valence-electron chi connectivity index (χ2n) is 10.9. The molecule has 5 rings (SSSR count). The lowest BCUT2D eigenvalue weighted by atomic mass is 9.99. The summed E-state index contributed by atoms with van der Waals surface area (Å²) >= 11 is 0. The van der Waals surface area contributed by atoms with E-state index in [0.29, 0.717) is 48.4 Å². The van der Waals surface area contributed by atoms with Crippen LogP contribution in [0.5, 0.6) is 0 Å². The number of nitrogens with one attached hydrogen (secondary N) is 4. The minimum Gasteiger partial charge on any atom is -0.444 e. The molecule has 1 aromatic carbocycles. The second kappa shape index (κ2) is 10.3. The first-order valence-corrected chi connectivity index (χ1v) is 12.9. The molecule has 0 radical (unpaired) electrons. The maximum Gasteiger partial charge on any atom is 0.410 e. The van der Waals surface area contributed by atoms with Crippen molar-refractivity contribution in [1.82, 2.24) is 30.4 Å². The lowest BCUT2D eigenvalue weighted by molar-refractivity contribution is 0.0290. The Bertz CT molecular complexity index is 1330. The summed E-state index contributed by atoms with van der Waals surface area (Å²) in [4.78, 5) is 35.9. The molecule has 2 amide bonds. The smallest absolute Gasteiger partial charge is 0.410 e. The molecule has 3 heterocycles. The van der Waals surface area contributed by atoms with Gasteiger partial charge in [-0.2, -0.15) is 10.1 Å². The number of likely N-dealkylation sites (tertiary alicyclic amines) is 1. The predicted molar refractivity (Wildman–Crippen MR) is 147 cm³/mol. The molecule has 0 unspecified atom stereocenters. The molecule has 1 aliphatic carbocycles. The summed E-state index contributed by atoms with van der Waals surface area (Å²) in [5.41, 5.74) is 2.60. The standard InChI is InChI=1S/C26H33BN8O3/c1-26(2,3)38-25(37)35-10-9-18(14-35)29-23(36)16-5-4-6-17(11-16)30-24-28-13-19(27)22(32-24)31-21-12-20(33-34-21)15-7-8-15/h4-6,11-13,15,18H,7-10,14,27H2,1-3H3,(H,29,36)(H3,28,30,31,32,33,34)/t18-/m0/s1. The predicted octanol–water partition coefficient (Wildman–Crippen LogP) is 2.56. The zero-order valence-electron chi connectivity index (χ0n) is 22.2. The van der Waals surface area contributed by atoms with Crippen molar-refractivity contribution in [1.29, 1.82) is 0 Å². The number of amides is 2. The average Bonchev–Trinajstić information content (AvgIpc) is 3.42. The van der Waals surface area contributed by atoms with Crippen LogP contribution in [0.3, 0.4) is 0 Å². The van der Waals surface area contributed by atoms with Crippen molar-refractivity contribution in [2.45, 2.75) is 57.6 Å². The molecular weight excluding hydrogens is 483 g/mol. The number of hydrogen-bond acceptors (Lipinski definition) is 8. The number of H-pyrrole nitrogens is 1. The van der Waals surface area contributed by atoms with Crippen LogP contribution in [0.4, 0.5) is 28.1 Å². The van der Waals surface area contributed by atoms with Gasteiger partial charge in [0.25, 0.3) is 5.91 Å². The summed E-state index contributed by atoms with van der Waals surface area (Å²) in [6.07, 6.45) is 4.43. The number of anilines is 4. The number of benzene rings is 1. The van der Waals surface area contributed by atoms with E-state index in [9.17, 15) is 9.59 Å². The van der Waals surface area contributed by atoms with Crippen molar-refractivity contribution in [3.63, 3.8) is 0 Å². The van der Waals surface area contributed by atoms with Gasteiger partial charge in [0.2, 0.25) is 5.95 Å². The Balaban J connectivity index is 1.19. The van der Waals surface area contributed by atoms with Gasteiger partial charge in [-0.1, -0.05) is 6.07 Å². The summed E-state index contributed by atoms with van der Waals surface area (Å²) in [6, 6.07) is 9.04. The van der Waals surface area contributed by atoms with Crippen LogP contribution in [0, 0.1) is 0 Å². The third kappa shape index (κ3) is 6.42. The maximum atomic E-state index is 12.9. The van der Waals surface area contributed by atoms with Crippen LogP contribution in [0.1, 0.15) is 62.0 Å². The van der Waals surface area contributed by atoms with E-state index in [1.165, 1.54) is 12.8 Å². The van der Waals surface area contributed by atoms with Gasteiger partial charge in [-0.3, -0.25) is 9.89 Å². The van der Waals surface area contributed by atoms with Crippen LogP contribution >= 0.6 is 0 Å². The Morgan fingerprint density at radius 2 is 1.97 bits per heavy atom. The van der Waals surface area contributed by atoms with E-state index < -0.39 is 5.60 Å². The van der Waals surface area contributed by atoms with Crippen LogP contribution < -0.4 is 21.4 Å². The highest BCUT2D eigenvalue weighted by Gasteiger charge is 2.31. The zero-order chi connectivity index (χ0) is 26.9. The van der Waals surface area contributed by atoms with E-state index >= 15 is 0 Å². The van der Waals surface area contributed by atoms with Crippen molar-refractivity contribution >= 4 is 48.6 Å². The summed E-state index contributed by atoms with van der Waals surface area (Å²) < 4.78 is 5.44. The lowest BCUT2D eigenvalue weighted by Gasteiger charge is -2.24. The highest BCUT2D eigenvalue weighted by molar-refractivity contribution is 6.35. The van der Waals surface area contributed by atoms with Crippen molar-refractivity contribution in [3.05, 3.63) is 47.8 Å². The van der Waals surface area contributed by atoms with Gasteiger partial charge in [-0.25, -0.2) is 9.78 Å². The van der Waals surface area contributed by atoms with Crippen LogP contribution in [0.15, 0.2) is 36.5 Å².